The molecular formula is C18H18FN3O2S. The van der Waals surface area contributed by atoms with Crippen molar-refractivity contribution >= 4 is 22.9 Å². The third kappa shape index (κ3) is 7.81. The second-order valence-electron chi connectivity index (χ2n) is 4.50. The number of thiazole rings is 1. The minimum absolute atomic E-state index is 0.144. The van der Waals surface area contributed by atoms with E-state index in [2.05, 4.69) is 21.7 Å². The predicted molar refractivity (Wildman–Crippen MR) is 97.4 cm³/mol. The third-order valence-electron chi connectivity index (χ3n) is 2.78. The minimum atomic E-state index is -0.172. The van der Waals surface area contributed by atoms with Crippen LogP contribution in [0.5, 0.6) is 0 Å². The Bertz CT molecular complexity index is 781. The van der Waals surface area contributed by atoms with Crippen molar-refractivity contribution in [2.24, 2.45) is 0 Å². The lowest BCUT2D eigenvalue weighted by molar-refractivity contribution is 0.102. The van der Waals surface area contributed by atoms with Gasteiger partial charge in [0.2, 0.25) is 0 Å². The lowest BCUT2D eigenvalue weighted by atomic mass is 10.2. The lowest BCUT2D eigenvalue weighted by Crippen LogP contribution is -2.10. The van der Waals surface area contributed by atoms with Gasteiger partial charge in [-0.15, -0.1) is 11.3 Å². The number of nitrogens with zero attached hydrogens (tertiary/aromatic N) is 1. The van der Waals surface area contributed by atoms with Gasteiger partial charge >= 0.3 is 0 Å². The molecule has 0 atom stereocenters. The van der Waals surface area contributed by atoms with Gasteiger partial charge in [-0.2, -0.15) is 0 Å². The first-order valence-electron chi connectivity index (χ1n) is 7.28. The van der Waals surface area contributed by atoms with Crippen LogP contribution in [0.25, 0.3) is 0 Å². The van der Waals surface area contributed by atoms with Gasteiger partial charge in [0.15, 0.2) is 5.01 Å². The number of hydrogen-bond donors (Lipinski definition) is 3. The molecule has 0 saturated heterocycles. The molecule has 0 radical (unpaired) electrons. The molecule has 1 aromatic carbocycles. The monoisotopic (exact) mass is 359 g/mol. The van der Waals surface area contributed by atoms with E-state index >= 15 is 0 Å². The number of carbonyl (C=O) groups excluding carboxylic acids is 1. The first kappa shape index (κ1) is 19.9. The largest absolute Gasteiger partial charge is 0.462 e. The second-order valence-corrected chi connectivity index (χ2v) is 5.40. The number of terminal acetylenes is 1. The molecule has 1 amide bonds. The van der Waals surface area contributed by atoms with Crippen LogP contribution < -0.4 is 5.32 Å². The second kappa shape index (κ2) is 11.4. The summed E-state index contributed by atoms with van der Waals surface area (Å²) in [5, 5.41) is 12.0. The van der Waals surface area contributed by atoms with Gasteiger partial charge in [0.05, 0.1) is 5.69 Å². The van der Waals surface area contributed by atoms with Crippen molar-refractivity contribution in [2.45, 2.75) is 13.3 Å². The molecule has 2 aromatic heterocycles. The summed E-state index contributed by atoms with van der Waals surface area (Å²) in [7, 11) is 0. The smallest absolute Gasteiger partial charge is 0.284 e. The normalized spacial score (nSPS) is 8.84. The third-order valence-corrected chi connectivity index (χ3v) is 3.55. The minimum Gasteiger partial charge on any atom is -0.462 e. The van der Waals surface area contributed by atoms with Crippen LogP contribution >= 0.6 is 11.3 Å². The van der Waals surface area contributed by atoms with E-state index in [0.717, 1.165) is 17.7 Å². The van der Waals surface area contributed by atoms with Crippen LogP contribution in [0.3, 0.4) is 0 Å². The highest BCUT2D eigenvalue weighted by atomic mass is 32.1. The van der Waals surface area contributed by atoms with Crippen LogP contribution in [0.1, 0.15) is 22.3 Å². The van der Waals surface area contributed by atoms with Crippen molar-refractivity contribution in [3.8, 4) is 12.5 Å². The predicted octanol–water partition coefficient (Wildman–Crippen LogP) is 4.06. The zero-order valence-corrected chi connectivity index (χ0v) is 14.4. The Morgan fingerprint density at radius 3 is 2.72 bits per heavy atom. The lowest BCUT2D eigenvalue weighted by Gasteiger charge is -1.97. The number of aromatic nitrogens is 2. The maximum atomic E-state index is 12.4. The number of H-pyrrole nitrogens is 1. The quantitative estimate of drug-likeness (QED) is 0.617. The Labute approximate surface area is 149 Å². The zero-order valence-electron chi connectivity index (χ0n) is 13.6. The van der Waals surface area contributed by atoms with Crippen LogP contribution in [0, 0.1) is 18.3 Å². The van der Waals surface area contributed by atoms with E-state index in [1.54, 1.807) is 42.2 Å². The van der Waals surface area contributed by atoms with Crippen molar-refractivity contribution in [2.75, 3.05) is 5.32 Å². The van der Waals surface area contributed by atoms with E-state index in [4.69, 9.17) is 5.11 Å². The molecule has 5 nitrogen and oxygen atoms in total. The topological polar surface area (TPSA) is 78.0 Å². The number of aliphatic hydroxyl groups excluding tert-OH is 1. The number of aromatic amines is 1. The number of anilines is 1. The molecule has 0 spiro atoms. The maximum Gasteiger partial charge on any atom is 0.284 e. The van der Waals surface area contributed by atoms with E-state index < -0.39 is 0 Å². The van der Waals surface area contributed by atoms with E-state index in [0.29, 0.717) is 5.01 Å². The summed E-state index contributed by atoms with van der Waals surface area (Å²) in [5.41, 5.74) is 1.80. The Morgan fingerprint density at radius 2 is 2.24 bits per heavy atom. The summed E-state index contributed by atoms with van der Waals surface area (Å²) < 4.78 is 12.4. The van der Waals surface area contributed by atoms with Crippen molar-refractivity contribution < 1.29 is 14.3 Å². The first-order valence-corrected chi connectivity index (χ1v) is 8.16. The highest BCUT2D eigenvalue weighted by Gasteiger charge is 2.07. The van der Waals surface area contributed by atoms with Crippen molar-refractivity contribution in [3.63, 3.8) is 0 Å². The van der Waals surface area contributed by atoms with Crippen molar-refractivity contribution in [1.82, 2.24) is 9.97 Å². The first-order chi connectivity index (χ1) is 12.1. The van der Waals surface area contributed by atoms with Crippen LogP contribution in [0.2, 0.25) is 0 Å². The van der Waals surface area contributed by atoms with Gasteiger partial charge in [-0.05, 0) is 30.2 Å². The number of aryl methyl sites for hydroxylation is 1. The van der Waals surface area contributed by atoms with E-state index in [-0.39, 0.29) is 11.7 Å². The highest BCUT2D eigenvalue weighted by Crippen LogP contribution is 2.09. The van der Waals surface area contributed by atoms with Gasteiger partial charge in [0.25, 0.3) is 5.91 Å². The number of nitrogens with one attached hydrogen (secondary N) is 2. The molecule has 0 saturated carbocycles. The van der Waals surface area contributed by atoms with Gasteiger partial charge in [-0.1, -0.05) is 25.5 Å². The fourth-order valence-corrected chi connectivity index (χ4v) is 2.21. The number of aliphatic hydroxyl groups is 1. The van der Waals surface area contributed by atoms with Crippen LogP contribution in [0.4, 0.5) is 10.1 Å². The fraction of sp³-hybridized carbons (Fsp3) is 0.111. The van der Waals surface area contributed by atoms with Crippen molar-refractivity contribution in [1.29, 1.82) is 0 Å². The van der Waals surface area contributed by atoms with Gasteiger partial charge in [0, 0.05) is 24.0 Å². The molecule has 2 heterocycles. The maximum absolute atomic E-state index is 12.4. The van der Waals surface area contributed by atoms with Gasteiger partial charge in [-0.3, -0.25) is 4.79 Å². The molecule has 0 fully saturated rings. The van der Waals surface area contributed by atoms with Crippen LogP contribution in [-0.4, -0.2) is 21.0 Å². The van der Waals surface area contributed by atoms with Crippen molar-refractivity contribution in [3.05, 3.63) is 70.7 Å². The number of halogens is 1. The average molecular weight is 359 g/mol. The molecular weight excluding hydrogens is 341 g/mol. The zero-order chi connectivity index (χ0) is 18.5. The molecule has 3 rings (SSSR count). The number of rotatable bonds is 3. The molecule has 0 aliphatic rings. The van der Waals surface area contributed by atoms with Gasteiger partial charge < -0.3 is 15.4 Å². The van der Waals surface area contributed by atoms with Crippen LogP contribution in [0.15, 0.2) is 54.3 Å². The molecule has 0 unspecified atom stereocenters. The Hall–Kier alpha value is -3.11. The van der Waals surface area contributed by atoms with E-state index in [1.165, 1.54) is 23.5 Å². The highest BCUT2D eigenvalue weighted by molar-refractivity contribution is 7.11. The standard InChI is InChI=1S/C8H9F.C8H7N3OS.C2H2O/c1-2-7-4-3-5-8(9)6-7;12-7(8-10-3-4-13-8)11-6-1-2-9-5-6;1-2-3/h3-6H,2H2,1H3;1-5,9H,(H,11,12);1,3H. The molecule has 130 valence electrons. The summed E-state index contributed by atoms with van der Waals surface area (Å²) >= 11 is 1.32. The van der Waals surface area contributed by atoms with Crippen LogP contribution in [-0.2, 0) is 6.42 Å². The number of benzene rings is 1. The summed E-state index contributed by atoms with van der Waals surface area (Å²) in [6.45, 7) is 2.01. The molecule has 7 heteroatoms. The Balaban J connectivity index is 0.000000228. The molecule has 0 bridgehead atoms. The summed E-state index contributed by atoms with van der Waals surface area (Å²) in [6, 6.07) is 8.45. The SMILES string of the molecule is C#CO.CCc1cccc(F)c1.O=C(Nc1cc[nH]c1)c1nccs1. The molecule has 25 heavy (non-hydrogen) atoms. The molecule has 3 N–H and O–H groups in total. The summed E-state index contributed by atoms with van der Waals surface area (Å²) in [6.07, 6.45) is 11.4. The molecule has 0 aliphatic heterocycles. The molecule has 0 aliphatic carbocycles. The number of hydrogen-bond acceptors (Lipinski definition) is 4. The molecule has 3 aromatic rings. The van der Waals surface area contributed by atoms with Gasteiger partial charge in [0.1, 0.15) is 11.9 Å². The number of carbonyl (C=O) groups is 1. The van der Waals surface area contributed by atoms with E-state index in [1.807, 2.05) is 13.0 Å². The Kier molecular flexibility index (Phi) is 9.11. The summed E-state index contributed by atoms with van der Waals surface area (Å²) in [4.78, 5) is 18.1. The van der Waals surface area contributed by atoms with E-state index in [9.17, 15) is 9.18 Å². The Morgan fingerprint density at radius 1 is 1.48 bits per heavy atom. The average Bonchev–Trinajstić information content (AvgIpc) is 3.30. The fourth-order valence-electron chi connectivity index (χ4n) is 1.68. The summed E-state index contributed by atoms with van der Waals surface area (Å²) in [5.74, 6) is -0.316. The number of amides is 1. The van der Waals surface area contributed by atoms with Gasteiger partial charge in [-0.25, -0.2) is 9.37 Å².